The molecule has 1 heterocycles. The molecule has 3 heteroatoms. The normalized spacial score (nSPS) is 10.9. The Balaban J connectivity index is 1.99. The van der Waals surface area contributed by atoms with E-state index in [1.54, 1.807) is 11.8 Å². The first-order valence-electron chi connectivity index (χ1n) is 5.32. The monoisotopic (exact) mass is 259 g/mol. The second-order valence-electron chi connectivity index (χ2n) is 3.75. The van der Waals surface area contributed by atoms with Gasteiger partial charge in [0, 0.05) is 31.9 Å². The molecule has 0 amide bonds. The zero-order valence-corrected chi connectivity index (χ0v) is 10.6. The fourth-order valence-electron chi connectivity index (χ4n) is 1.78. The van der Waals surface area contributed by atoms with E-state index in [0.29, 0.717) is 0 Å². The van der Waals surface area contributed by atoms with Crippen LogP contribution < -0.4 is 0 Å². The molecule has 0 saturated carbocycles. The van der Waals surface area contributed by atoms with Gasteiger partial charge in [-0.3, -0.25) is 0 Å². The topological polar surface area (TPSA) is 15.8 Å². The molecule has 0 unspecified atom stereocenters. The van der Waals surface area contributed by atoms with E-state index >= 15 is 0 Å². The van der Waals surface area contributed by atoms with Crippen LogP contribution in [-0.4, -0.2) is 4.98 Å². The molecule has 0 saturated heterocycles. The van der Waals surface area contributed by atoms with Crippen LogP contribution in [0.2, 0.25) is 5.02 Å². The molecule has 84 valence electrons. The summed E-state index contributed by atoms with van der Waals surface area (Å²) < 4.78 is 0. The number of fused-ring (bicyclic) bond motifs is 1. The number of aromatic nitrogens is 1. The van der Waals surface area contributed by atoms with Crippen LogP contribution >= 0.6 is 23.4 Å². The summed E-state index contributed by atoms with van der Waals surface area (Å²) in [5, 5.41) is 2.03. The van der Waals surface area contributed by atoms with Crippen molar-refractivity contribution in [3.63, 3.8) is 0 Å². The summed E-state index contributed by atoms with van der Waals surface area (Å²) >= 11 is 7.63. The van der Waals surface area contributed by atoms with Gasteiger partial charge in [-0.1, -0.05) is 29.4 Å². The Kier molecular flexibility index (Phi) is 2.83. The molecule has 0 spiro atoms. The van der Waals surface area contributed by atoms with Crippen molar-refractivity contribution in [2.45, 2.75) is 9.79 Å². The highest BCUT2D eigenvalue weighted by molar-refractivity contribution is 7.99. The molecule has 3 rings (SSSR count). The van der Waals surface area contributed by atoms with Crippen LogP contribution in [0, 0.1) is 0 Å². The quantitative estimate of drug-likeness (QED) is 0.687. The van der Waals surface area contributed by atoms with Crippen molar-refractivity contribution in [3.8, 4) is 0 Å². The van der Waals surface area contributed by atoms with Gasteiger partial charge in [0.15, 0.2) is 0 Å². The van der Waals surface area contributed by atoms with E-state index in [4.69, 9.17) is 11.6 Å². The van der Waals surface area contributed by atoms with Crippen molar-refractivity contribution >= 4 is 34.3 Å². The van der Waals surface area contributed by atoms with Gasteiger partial charge in [0.25, 0.3) is 0 Å². The molecular formula is C14H10ClNS. The largest absolute Gasteiger partial charge is 0.361 e. The Morgan fingerprint density at radius 1 is 0.941 bits per heavy atom. The van der Waals surface area contributed by atoms with Crippen molar-refractivity contribution in [2.24, 2.45) is 0 Å². The van der Waals surface area contributed by atoms with Crippen LogP contribution in [0.3, 0.4) is 0 Å². The smallest absolute Gasteiger partial charge is 0.0465 e. The highest BCUT2D eigenvalue weighted by atomic mass is 35.5. The number of H-pyrrole nitrogens is 1. The lowest BCUT2D eigenvalue weighted by molar-refractivity contribution is 1.43. The highest BCUT2D eigenvalue weighted by Crippen LogP contribution is 2.33. The minimum absolute atomic E-state index is 0.772. The predicted octanol–water partition coefficient (Wildman–Crippen LogP) is 4.97. The maximum atomic E-state index is 5.88. The Morgan fingerprint density at radius 3 is 2.59 bits per heavy atom. The molecule has 0 fully saturated rings. The average Bonchev–Trinajstić information content (AvgIpc) is 2.81. The zero-order chi connectivity index (χ0) is 11.7. The van der Waals surface area contributed by atoms with Gasteiger partial charge in [0.2, 0.25) is 0 Å². The van der Waals surface area contributed by atoms with Gasteiger partial charge in [-0.25, -0.2) is 0 Å². The summed E-state index contributed by atoms with van der Waals surface area (Å²) in [6, 6.07) is 16.3. The van der Waals surface area contributed by atoms with Gasteiger partial charge >= 0.3 is 0 Å². The molecule has 1 nitrogen and oxygen atoms in total. The van der Waals surface area contributed by atoms with Crippen molar-refractivity contribution < 1.29 is 0 Å². The maximum absolute atomic E-state index is 5.88. The first kappa shape index (κ1) is 10.8. The molecule has 3 aromatic rings. The molecule has 0 aliphatic carbocycles. The standard InChI is InChI=1S/C14H10ClNS/c15-10-4-6-11(7-5-10)17-14-3-1-2-13-12(14)8-9-16-13/h1-9,16H. The zero-order valence-electron chi connectivity index (χ0n) is 8.98. The Labute approximate surface area is 109 Å². The van der Waals surface area contributed by atoms with E-state index in [2.05, 4.69) is 29.2 Å². The highest BCUT2D eigenvalue weighted by Gasteiger charge is 2.03. The van der Waals surface area contributed by atoms with Gasteiger partial charge in [-0.15, -0.1) is 0 Å². The van der Waals surface area contributed by atoms with E-state index in [1.165, 1.54) is 20.7 Å². The second-order valence-corrected chi connectivity index (χ2v) is 5.30. The molecule has 0 aliphatic rings. The molecule has 0 radical (unpaired) electrons. The summed E-state index contributed by atoms with van der Waals surface area (Å²) in [7, 11) is 0. The molecule has 17 heavy (non-hydrogen) atoms. The van der Waals surface area contributed by atoms with Crippen molar-refractivity contribution in [1.29, 1.82) is 0 Å². The number of nitrogens with one attached hydrogen (secondary N) is 1. The summed E-state index contributed by atoms with van der Waals surface area (Å²) in [6.07, 6.45) is 1.97. The molecule has 1 N–H and O–H groups in total. The third kappa shape index (κ3) is 2.19. The first-order chi connectivity index (χ1) is 8.33. The molecule has 2 aromatic carbocycles. The fraction of sp³-hybridized carbons (Fsp3) is 0. The van der Waals surface area contributed by atoms with Crippen LogP contribution in [0.25, 0.3) is 10.9 Å². The molecule has 0 aliphatic heterocycles. The molecule has 0 atom stereocenters. The summed E-state index contributed by atoms with van der Waals surface area (Å²) in [5.74, 6) is 0. The lowest BCUT2D eigenvalue weighted by atomic mass is 10.2. The SMILES string of the molecule is Clc1ccc(Sc2cccc3[nH]ccc23)cc1. The Hall–Kier alpha value is -1.38. The fourth-order valence-corrected chi connectivity index (χ4v) is 2.86. The number of benzene rings is 2. The van der Waals surface area contributed by atoms with Crippen molar-refractivity contribution in [2.75, 3.05) is 0 Å². The third-order valence-corrected chi connectivity index (χ3v) is 3.93. The Bertz CT molecular complexity index is 643. The maximum Gasteiger partial charge on any atom is 0.0465 e. The summed E-state index contributed by atoms with van der Waals surface area (Å²) in [5.41, 5.74) is 1.17. The van der Waals surface area contributed by atoms with Crippen LogP contribution in [0.5, 0.6) is 0 Å². The predicted molar refractivity (Wildman–Crippen MR) is 73.9 cm³/mol. The van der Waals surface area contributed by atoms with Gasteiger partial charge in [-0.05, 0) is 42.5 Å². The van der Waals surface area contributed by atoms with E-state index in [9.17, 15) is 0 Å². The van der Waals surface area contributed by atoms with Crippen molar-refractivity contribution in [3.05, 3.63) is 59.8 Å². The summed E-state index contributed by atoms with van der Waals surface area (Å²) in [6.45, 7) is 0. The van der Waals surface area contributed by atoms with Gasteiger partial charge in [0.1, 0.15) is 0 Å². The Morgan fingerprint density at radius 2 is 1.76 bits per heavy atom. The van der Waals surface area contributed by atoms with Gasteiger partial charge < -0.3 is 4.98 Å². The van der Waals surface area contributed by atoms with Crippen LogP contribution in [0.4, 0.5) is 0 Å². The van der Waals surface area contributed by atoms with Crippen LogP contribution in [0.1, 0.15) is 0 Å². The van der Waals surface area contributed by atoms with Crippen LogP contribution in [0.15, 0.2) is 64.5 Å². The van der Waals surface area contributed by atoms with E-state index in [0.717, 1.165) is 5.02 Å². The minimum Gasteiger partial charge on any atom is -0.361 e. The van der Waals surface area contributed by atoms with E-state index < -0.39 is 0 Å². The number of hydrogen-bond acceptors (Lipinski definition) is 1. The number of rotatable bonds is 2. The second kappa shape index (κ2) is 4.47. The molecule has 0 bridgehead atoms. The van der Waals surface area contributed by atoms with Gasteiger partial charge in [0.05, 0.1) is 0 Å². The summed E-state index contributed by atoms with van der Waals surface area (Å²) in [4.78, 5) is 5.67. The number of hydrogen-bond donors (Lipinski definition) is 1. The van der Waals surface area contributed by atoms with Crippen LogP contribution in [-0.2, 0) is 0 Å². The average molecular weight is 260 g/mol. The van der Waals surface area contributed by atoms with E-state index in [-0.39, 0.29) is 0 Å². The van der Waals surface area contributed by atoms with Gasteiger partial charge in [-0.2, -0.15) is 0 Å². The lowest BCUT2D eigenvalue weighted by Gasteiger charge is -2.03. The molecule has 1 aromatic heterocycles. The minimum atomic E-state index is 0.772. The number of aromatic amines is 1. The third-order valence-electron chi connectivity index (χ3n) is 2.60. The number of halogens is 1. The first-order valence-corrected chi connectivity index (χ1v) is 6.52. The van der Waals surface area contributed by atoms with E-state index in [1.807, 2.05) is 30.5 Å². The van der Waals surface area contributed by atoms with Crippen molar-refractivity contribution in [1.82, 2.24) is 4.98 Å². The lowest BCUT2D eigenvalue weighted by Crippen LogP contribution is -1.75. The molecular weight excluding hydrogens is 250 g/mol.